The fourth-order valence-electron chi connectivity index (χ4n) is 2.48. The van der Waals surface area contributed by atoms with Crippen molar-refractivity contribution in [2.24, 2.45) is 0 Å². The van der Waals surface area contributed by atoms with Crippen molar-refractivity contribution in [2.45, 2.75) is 26.3 Å². The van der Waals surface area contributed by atoms with Crippen LogP contribution in [0.2, 0.25) is 5.02 Å². The van der Waals surface area contributed by atoms with Crippen molar-refractivity contribution in [2.75, 3.05) is 6.54 Å². The molecule has 0 saturated carbocycles. The van der Waals surface area contributed by atoms with Gasteiger partial charge in [-0.05, 0) is 60.8 Å². The molecule has 21 heavy (non-hydrogen) atoms. The molecule has 0 saturated heterocycles. The molecule has 0 spiro atoms. The maximum absolute atomic E-state index is 14.0. The standard InChI is InChI=1S/C17H18BrClFN/c1-3-21-17(15-7-5-13(18)8-11(15)2)9-12-4-6-14(19)10-16(12)20/h4-8,10,17,21H,3,9H2,1-2H3. The van der Waals surface area contributed by atoms with Gasteiger partial charge in [0.2, 0.25) is 0 Å². The van der Waals surface area contributed by atoms with E-state index in [0.717, 1.165) is 11.0 Å². The van der Waals surface area contributed by atoms with E-state index in [-0.39, 0.29) is 11.9 Å². The highest BCUT2D eigenvalue weighted by Crippen LogP contribution is 2.26. The molecule has 1 atom stereocenters. The molecule has 0 fully saturated rings. The summed E-state index contributed by atoms with van der Waals surface area (Å²) >= 11 is 9.29. The average Bonchev–Trinajstić information content (AvgIpc) is 2.41. The van der Waals surface area contributed by atoms with Gasteiger partial charge in [-0.25, -0.2) is 4.39 Å². The molecule has 112 valence electrons. The lowest BCUT2D eigenvalue weighted by atomic mass is 9.95. The molecular formula is C17H18BrClFN. The Hall–Kier alpha value is -0.900. The van der Waals surface area contributed by atoms with Crippen LogP contribution < -0.4 is 5.32 Å². The molecule has 0 radical (unpaired) electrons. The van der Waals surface area contributed by atoms with E-state index < -0.39 is 0 Å². The summed E-state index contributed by atoms with van der Waals surface area (Å²) in [6, 6.07) is 11.1. The van der Waals surface area contributed by atoms with Crippen molar-refractivity contribution in [3.05, 3.63) is 68.4 Å². The van der Waals surface area contributed by atoms with Gasteiger partial charge < -0.3 is 5.32 Å². The van der Waals surface area contributed by atoms with Crippen LogP contribution in [0, 0.1) is 12.7 Å². The number of hydrogen-bond donors (Lipinski definition) is 1. The summed E-state index contributed by atoms with van der Waals surface area (Å²) in [4.78, 5) is 0. The summed E-state index contributed by atoms with van der Waals surface area (Å²) in [6.07, 6.45) is 0.597. The van der Waals surface area contributed by atoms with Crippen molar-refractivity contribution in [3.8, 4) is 0 Å². The number of aryl methyl sites for hydroxylation is 1. The molecule has 1 nitrogen and oxygen atoms in total. The second kappa shape index (κ2) is 7.39. The summed E-state index contributed by atoms with van der Waals surface area (Å²) < 4.78 is 15.1. The normalized spacial score (nSPS) is 12.4. The van der Waals surface area contributed by atoms with Crippen LogP contribution >= 0.6 is 27.5 Å². The van der Waals surface area contributed by atoms with Crippen LogP contribution in [0.25, 0.3) is 0 Å². The van der Waals surface area contributed by atoms with E-state index in [9.17, 15) is 4.39 Å². The Balaban J connectivity index is 2.30. The van der Waals surface area contributed by atoms with Gasteiger partial charge in [-0.15, -0.1) is 0 Å². The minimum Gasteiger partial charge on any atom is -0.310 e. The summed E-state index contributed by atoms with van der Waals surface area (Å²) in [5.41, 5.74) is 3.05. The zero-order valence-corrected chi connectivity index (χ0v) is 14.4. The Morgan fingerprint density at radius 1 is 1.24 bits per heavy atom. The highest BCUT2D eigenvalue weighted by atomic mass is 79.9. The van der Waals surface area contributed by atoms with Gasteiger partial charge in [0.05, 0.1) is 0 Å². The Labute approximate surface area is 138 Å². The summed E-state index contributed by atoms with van der Waals surface area (Å²) in [6.45, 7) is 4.96. The number of likely N-dealkylation sites (N-methyl/N-ethyl adjacent to an activating group) is 1. The Kier molecular flexibility index (Phi) is 5.80. The number of hydrogen-bond acceptors (Lipinski definition) is 1. The smallest absolute Gasteiger partial charge is 0.127 e. The number of rotatable bonds is 5. The summed E-state index contributed by atoms with van der Waals surface area (Å²) in [5.74, 6) is -0.250. The fraction of sp³-hybridized carbons (Fsp3) is 0.294. The maximum Gasteiger partial charge on any atom is 0.127 e. The minimum atomic E-state index is -0.250. The largest absolute Gasteiger partial charge is 0.310 e. The molecule has 0 heterocycles. The lowest BCUT2D eigenvalue weighted by Gasteiger charge is -2.21. The lowest BCUT2D eigenvalue weighted by molar-refractivity contribution is 0.526. The molecule has 2 rings (SSSR count). The average molecular weight is 371 g/mol. The van der Waals surface area contributed by atoms with E-state index in [4.69, 9.17) is 11.6 Å². The van der Waals surface area contributed by atoms with Gasteiger partial charge in [-0.2, -0.15) is 0 Å². The van der Waals surface area contributed by atoms with Gasteiger partial charge in [0.15, 0.2) is 0 Å². The third kappa shape index (κ3) is 4.29. The first-order valence-corrected chi connectivity index (χ1v) is 8.11. The molecule has 1 N–H and O–H groups in total. The van der Waals surface area contributed by atoms with Crippen LogP contribution in [0.1, 0.15) is 29.7 Å². The van der Waals surface area contributed by atoms with Crippen molar-refractivity contribution >= 4 is 27.5 Å². The van der Waals surface area contributed by atoms with Gasteiger partial charge >= 0.3 is 0 Å². The molecular weight excluding hydrogens is 353 g/mol. The van der Waals surface area contributed by atoms with Crippen molar-refractivity contribution < 1.29 is 4.39 Å². The van der Waals surface area contributed by atoms with Crippen molar-refractivity contribution in [3.63, 3.8) is 0 Å². The highest BCUT2D eigenvalue weighted by Gasteiger charge is 2.16. The predicted octanol–water partition coefficient (Wildman–Crippen LogP) is 5.44. The van der Waals surface area contributed by atoms with Gasteiger partial charge in [0.1, 0.15) is 5.82 Å². The second-order valence-electron chi connectivity index (χ2n) is 5.05. The third-order valence-electron chi connectivity index (χ3n) is 3.50. The molecule has 0 aliphatic carbocycles. The molecule has 1 unspecified atom stereocenters. The van der Waals surface area contributed by atoms with Crippen molar-refractivity contribution in [1.29, 1.82) is 0 Å². The quantitative estimate of drug-likeness (QED) is 0.738. The maximum atomic E-state index is 14.0. The van der Waals surface area contributed by atoms with Crippen LogP contribution in [0.3, 0.4) is 0 Å². The van der Waals surface area contributed by atoms with Crippen LogP contribution in [-0.4, -0.2) is 6.54 Å². The first-order chi connectivity index (χ1) is 10.0. The minimum absolute atomic E-state index is 0.0822. The second-order valence-corrected chi connectivity index (χ2v) is 6.40. The Bertz CT molecular complexity index is 630. The van der Waals surface area contributed by atoms with E-state index in [1.807, 2.05) is 6.07 Å². The molecule has 2 aromatic rings. The SMILES string of the molecule is CCNC(Cc1ccc(Cl)cc1F)c1ccc(Br)cc1C. The molecule has 0 aromatic heterocycles. The molecule has 4 heteroatoms. The van der Waals surface area contributed by atoms with E-state index in [2.05, 4.69) is 47.2 Å². The van der Waals surface area contributed by atoms with E-state index in [0.29, 0.717) is 17.0 Å². The van der Waals surface area contributed by atoms with Crippen molar-refractivity contribution in [1.82, 2.24) is 5.32 Å². The Morgan fingerprint density at radius 3 is 2.62 bits per heavy atom. The number of halogens is 3. The Morgan fingerprint density at radius 2 is 2.00 bits per heavy atom. The molecule has 2 aromatic carbocycles. The summed E-state index contributed by atoms with van der Waals surface area (Å²) in [7, 11) is 0. The summed E-state index contributed by atoms with van der Waals surface area (Å²) in [5, 5.41) is 3.86. The van der Waals surface area contributed by atoms with Crippen LogP contribution in [0.4, 0.5) is 4.39 Å². The first kappa shape index (κ1) is 16.5. The highest BCUT2D eigenvalue weighted by molar-refractivity contribution is 9.10. The zero-order valence-electron chi connectivity index (χ0n) is 12.1. The van der Waals surface area contributed by atoms with Crippen LogP contribution in [0.15, 0.2) is 40.9 Å². The molecule has 0 bridgehead atoms. The van der Waals surface area contributed by atoms with Gasteiger partial charge in [-0.3, -0.25) is 0 Å². The van der Waals surface area contributed by atoms with E-state index in [1.54, 1.807) is 12.1 Å². The fourth-order valence-corrected chi connectivity index (χ4v) is 3.11. The number of nitrogens with one attached hydrogen (secondary N) is 1. The molecule has 0 amide bonds. The molecule has 0 aliphatic rings. The van der Waals surface area contributed by atoms with Crippen LogP contribution in [-0.2, 0) is 6.42 Å². The number of benzene rings is 2. The van der Waals surface area contributed by atoms with Gasteiger partial charge in [-0.1, -0.05) is 46.6 Å². The van der Waals surface area contributed by atoms with Gasteiger partial charge in [0, 0.05) is 15.5 Å². The first-order valence-electron chi connectivity index (χ1n) is 6.94. The third-order valence-corrected chi connectivity index (χ3v) is 4.23. The van der Waals surface area contributed by atoms with E-state index in [1.165, 1.54) is 17.2 Å². The monoisotopic (exact) mass is 369 g/mol. The topological polar surface area (TPSA) is 12.0 Å². The predicted molar refractivity (Wildman–Crippen MR) is 90.4 cm³/mol. The zero-order chi connectivity index (χ0) is 15.4. The van der Waals surface area contributed by atoms with Crippen LogP contribution in [0.5, 0.6) is 0 Å². The lowest BCUT2D eigenvalue weighted by Crippen LogP contribution is -2.24. The van der Waals surface area contributed by atoms with Gasteiger partial charge in [0.25, 0.3) is 0 Å². The molecule has 0 aliphatic heterocycles. The van der Waals surface area contributed by atoms with E-state index >= 15 is 0 Å².